The Morgan fingerprint density at radius 1 is 0.800 bits per heavy atom. The number of nitrogens with zero attached hydrogens (tertiary/aromatic N) is 1. The predicted octanol–water partition coefficient (Wildman–Crippen LogP) is 6.18. The van der Waals surface area contributed by atoms with E-state index < -0.39 is 17.7 Å². The van der Waals surface area contributed by atoms with E-state index in [0.29, 0.717) is 21.6 Å². The molecule has 0 unspecified atom stereocenters. The molecule has 0 bridgehead atoms. The van der Waals surface area contributed by atoms with Crippen LogP contribution in [0.25, 0.3) is 10.9 Å². The quantitative estimate of drug-likeness (QED) is 0.276. The summed E-state index contributed by atoms with van der Waals surface area (Å²) in [5, 5.41) is 6.66. The maximum absolute atomic E-state index is 13.2. The molecule has 0 atom stereocenters. The van der Waals surface area contributed by atoms with E-state index in [0.717, 1.165) is 11.1 Å². The van der Waals surface area contributed by atoms with Crippen LogP contribution in [0.3, 0.4) is 0 Å². The average molecular weight is 530 g/mol. The van der Waals surface area contributed by atoms with Crippen LogP contribution in [0.15, 0.2) is 60.7 Å². The molecule has 10 heteroatoms. The Hall–Kier alpha value is -3.52. The Morgan fingerprint density at radius 2 is 1.51 bits per heavy atom. The molecule has 1 heterocycles. The number of aromatic nitrogens is 1. The topological polar surface area (TPSA) is 92.2 Å². The van der Waals surface area contributed by atoms with Crippen LogP contribution >= 0.6 is 34.8 Å². The number of halogens is 3. The van der Waals surface area contributed by atoms with Crippen LogP contribution in [0.5, 0.6) is 0 Å². The Morgan fingerprint density at radius 3 is 2.29 bits per heavy atom. The number of hydrogen-bond acceptors (Lipinski definition) is 3. The summed E-state index contributed by atoms with van der Waals surface area (Å²) in [6, 6.07) is 16.7. The van der Waals surface area contributed by atoms with E-state index in [1.165, 1.54) is 10.7 Å². The lowest BCUT2D eigenvalue weighted by molar-refractivity contribution is -0.133. The molecule has 0 fully saturated rings. The number of benzene rings is 3. The van der Waals surface area contributed by atoms with Crippen molar-refractivity contribution in [3.05, 3.63) is 92.6 Å². The minimum atomic E-state index is -1.02. The van der Waals surface area contributed by atoms with Gasteiger partial charge in [-0.25, -0.2) is 4.68 Å². The van der Waals surface area contributed by atoms with Gasteiger partial charge in [0.1, 0.15) is 5.69 Å². The lowest BCUT2D eigenvalue weighted by Crippen LogP contribution is -2.36. The smallest absolute Gasteiger partial charge is 0.320 e. The zero-order valence-electron chi connectivity index (χ0n) is 18.6. The lowest BCUT2D eigenvalue weighted by atomic mass is 10.1. The molecule has 0 radical (unpaired) electrons. The molecule has 0 saturated heterocycles. The highest BCUT2D eigenvalue weighted by molar-refractivity contribution is 6.46. The molecule has 3 N–H and O–H groups in total. The monoisotopic (exact) mass is 528 g/mol. The predicted molar refractivity (Wildman–Crippen MR) is 140 cm³/mol. The molecule has 35 heavy (non-hydrogen) atoms. The summed E-state index contributed by atoms with van der Waals surface area (Å²) in [7, 11) is 0. The normalized spacial score (nSPS) is 10.8. The lowest BCUT2D eigenvalue weighted by Gasteiger charge is -2.14. The van der Waals surface area contributed by atoms with Crippen LogP contribution in [0, 0.1) is 13.8 Å². The first-order valence-corrected chi connectivity index (χ1v) is 11.5. The average Bonchev–Trinajstić information content (AvgIpc) is 3.17. The second-order valence-corrected chi connectivity index (χ2v) is 8.99. The number of carbonyl (C=O) groups is 3. The fraction of sp³-hybridized carbons (Fsp3) is 0.0800. The van der Waals surface area contributed by atoms with Crippen molar-refractivity contribution in [2.24, 2.45) is 0 Å². The standard InChI is InChI=1S/C25H19Cl3N4O3/c1-13-5-3-7-18(14(13)2)29-23(33)21-12-15-11-16(26)9-10-20(15)32(21)31-25(35)24(34)30-19-8-4-6-17(27)22(19)28/h3-12H,1-2H3,(H,29,33)(H,30,34)(H,31,35). The van der Waals surface area contributed by atoms with Gasteiger partial charge in [-0.2, -0.15) is 0 Å². The van der Waals surface area contributed by atoms with E-state index in [4.69, 9.17) is 34.8 Å². The molecule has 3 amide bonds. The third-order valence-corrected chi connectivity index (χ3v) is 6.52. The molecule has 4 aromatic rings. The van der Waals surface area contributed by atoms with E-state index >= 15 is 0 Å². The minimum absolute atomic E-state index is 0.102. The highest BCUT2D eigenvalue weighted by Crippen LogP contribution is 2.29. The van der Waals surface area contributed by atoms with Gasteiger partial charge in [0.15, 0.2) is 0 Å². The molecule has 4 rings (SSSR count). The maximum atomic E-state index is 13.2. The summed E-state index contributed by atoms with van der Waals surface area (Å²) in [5.74, 6) is -2.50. The molecule has 0 spiro atoms. The van der Waals surface area contributed by atoms with Gasteiger partial charge in [-0.1, -0.05) is 53.0 Å². The number of anilines is 2. The van der Waals surface area contributed by atoms with Crippen LogP contribution in [0.1, 0.15) is 21.6 Å². The Bertz CT molecular complexity index is 1500. The molecule has 0 aliphatic rings. The summed E-state index contributed by atoms with van der Waals surface area (Å²) >= 11 is 18.2. The molecule has 0 aliphatic heterocycles. The molecule has 1 aromatic heterocycles. The van der Waals surface area contributed by atoms with Crippen molar-refractivity contribution in [3.63, 3.8) is 0 Å². The first-order valence-electron chi connectivity index (χ1n) is 10.4. The molecular weight excluding hydrogens is 511 g/mol. The molecule has 0 aliphatic carbocycles. The number of hydrogen-bond donors (Lipinski definition) is 3. The second kappa shape index (κ2) is 10.00. The second-order valence-electron chi connectivity index (χ2n) is 7.77. The zero-order valence-corrected chi connectivity index (χ0v) is 20.8. The third-order valence-electron chi connectivity index (χ3n) is 5.47. The highest BCUT2D eigenvalue weighted by atomic mass is 35.5. The van der Waals surface area contributed by atoms with E-state index in [1.54, 1.807) is 42.5 Å². The molecule has 0 saturated carbocycles. The molecule has 3 aromatic carbocycles. The Kier molecular flexibility index (Phi) is 7.03. The Balaban J connectivity index is 1.65. The summed E-state index contributed by atoms with van der Waals surface area (Å²) in [6.07, 6.45) is 0. The van der Waals surface area contributed by atoms with Crippen LogP contribution in [0.2, 0.25) is 15.1 Å². The molecule has 7 nitrogen and oxygen atoms in total. The Labute approximate surface area is 215 Å². The van der Waals surface area contributed by atoms with Gasteiger partial charge in [0.05, 0.1) is 21.2 Å². The highest BCUT2D eigenvalue weighted by Gasteiger charge is 2.22. The number of rotatable bonds is 4. The van der Waals surface area contributed by atoms with Crippen molar-refractivity contribution in [1.82, 2.24) is 4.68 Å². The summed E-state index contributed by atoms with van der Waals surface area (Å²) in [4.78, 5) is 38.6. The largest absolute Gasteiger partial charge is 0.328 e. The van der Waals surface area contributed by atoms with Gasteiger partial charge >= 0.3 is 11.8 Å². The number of fused-ring (bicyclic) bond motifs is 1. The number of aryl methyl sites for hydroxylation is 1. The van der Waals surface area contributed by atoms with Gasteiger partial charge < -0.3 is 10.6 Å². The van der Waals surface area contributed by atoms with E-state index in [-0.39, 0.29) is 21.4 Å². The van der Waals surface area contributed by atoms with Gasteiger partial charge in [0.2, 0.25) is 0 Å². The van der Waals surface area contributed by atoms with Crippen LogP contribution in [-0.4, -0.2) is 22.4 Å². The van der Waals surface area contributed by atoms with E-state index in [9.17, 15) is 14.4 Å². The van der Waals surface area contributed by atoms with Crippen LogP contribution < -0.4 is 16.1 Å². The van der Waals surface area contributed by atoms with Gasteiger partial charge in [-0.15, -0.1) is 0 Å². The van der Waals surface area contributed by atoms with Gasteiger partial charge in [0, 0.05) is 16.1 Å². The summed E-state index contributed by atoms with van der Waals surface area (Å²) in [6.45, 7) is 3.84. The van der Waals surface area contributed by atoms with Crippen LogP contribution in [-0.2, 0) is 9.59 Å². The SMILES string of the molecule is Cc1cccc(NC(=O)c2cc3cc(Cl)ccc3n2NC(=O)C(=O)Nc2cccc(Cl)c2Cl)c1C. The minimum Gasteiger partial charge on any atom is -0.320 e. The maximum Gasteiger partial charge on any atom is 0.328 e. The summed E-state index contributed by atoms with van der Waals surface area (Å²) < 4.78 is 1.24. The van der Waals surface area contributed by atoms with Gasteiger partial charge in [-0.05, 0) is 67.4 Å². The van der Waals surface area contributed by atoms with Crippen molar-refractivity contribution in [2.45, 2.75) is 13.8 Å². The fourth-order valence-electron chi connectivity index (χ4n) is 3.48. The number of nitrogens with one attached hydrogen (secondary N) is 3. The van der Waals surface area contributed by atoms with Gasteiger partial charge in [0.25, 0.3) is 5.91 Å². The molecule has 178 valence electrons. The van der Waals surface area contributed by atoms with Crippen molar-refractivity contribution in [3.8, 4) is 0 Å². The first-order chi connectivity index (χ1) is 16.7. The van der Waals surface area contributed by atoms with E-state index in [1.807, 2.05) is 26.0 Å². The van der Waals surface area contributed by atoms with Gasteiger partial charge in [-0.3, -0.25) is 19.8 Å². The zero-order chi connectivity index (χ0) is 25.3. The summed E-state index contributed by atoms with van der Waals surface area (Å²) in [5.41, 5.74) is 5.79. The number of amides is 3. The molecular formula is C25H19Cl3N4O3. The first kappa shape index (κ1) is 24.6. The van der Waals surface area contributed by atoms with Crippen molar-refractivity contribution in [2.75, 3.05) is 16.1 Å². The third kappa shape index (κ3) is 5.12. The van der Waals surface area contributed by atoms with E-state index in [2.05, 4.69) is 16.1 Å². The van der Waals surface area contributed by atoms with Crippen molar-refractivity contribution < 1.29 is 14.4 Å². The van der Waals surface area contributed by atoms with Crippen molar-refractivity contribution in [1.29, 1.82) is 0 Å². The number of carbonyl (C=O) groups excluding carboxylic acids is 3. The fourth-order valence-corrected chi connectivity index (χ4v) is 4.01. The van der Waals surface area contributed by atoms with Crippen LogP contribution in [0.4, 0.5) is 11.4 Å². The van der Waals surface area contributed by atoms with Crippen molar-refractivity contribution >= 4 is 74.8 Å².